The highest BCUT2D eigenvalue weighted by Gasteiger charge is 2.16. The lowest BCUT2D eigenvalue weighted by Crippen LogP contribution is -2.36. The van der Waals surface area contributed by atoms with Crippen molar-refractivity contribution in [2.24, 2.45) is 0 Å². The molecule has 100 valence electrons. The van der Waals surface area contributed by atoms with Crippen molar-refractivity contribution in [3.63, 3.8) is 0 Å². The molecule has 0 radical (unpaired) electrons. The summed E-state index contributed by atoms with van der Waals surface area (Å²) in [6.07, 6.45) is 0. The fourth-order valence-electron chi connectivity index (χ4n) is 1.50. The number of ether oxygens (including phenoxy) is 1. The van der Waals surface area contributed by atoms with E-state index in [1.165, 1.54) is 13.2 Å². The first kappa shape index (κ1) is 13.8. The van der Waals surface area contributed by atoms with Gasteiger partial charge < -0.3 is 4.74 Å². The molecule has 0 amide bonds. The molecule has 19 heavy (non-hydrogen) atoms. The number of aromatic nitrogens is 2. The fourth-order valence-corrected chi connectivity index (χ4v) is 2.08. The molecule has 2 rings (SSSR count). The normalized spacial score (nSPS) is 10.5. The van der Waals surface area contributed by atoms with Gasteiger partial charge in [-0.25, -0.2) is 9.36 Å². The van der Waals surface area contributed by atoms with Gasteiger partial charge >= 0.3 is 5.69 Å². The quantitative estimate of drug-likeness (QED) is 0.845. The summed E-state index contributed by atoms with van der Waals surface area (Å²) >= 11 is 8.58. The Morgan fingerprint density at radius 3 is 2.74 bits per heavy atom. The Labute approximate surface area is 119 Å². The lowest BCUT2D eigenvalue weighted by molar-refractivity contribution is 0.414. The first-order chi connectivity index (χ1) is 8.95. The molecule has 0 aliphatic rings. The number of hydrogen-bond donors (Lipinski definition) is 1. The van der Waals surface area contributed by atoms with E-state index < -0.39 is 22.2 Å². The van der Waals surface area contributed by atoms with Crippen molar-refractivity contribution in [2.45, 2.75) is 0 Å². The highest BCUT2D eigenvalue weighted by molar-refractivity contribution is 9.10. The molecule has 0 atom stereocenters. The van der Waals surface area contributed by atoms with Crippen LogP contribution < -0.4 is 16.0 Å². The number of methoxy groups -OCH3 is 1. The number of rotatable bonds is 2. The number of benzene rings is 1. The van der Waals surface area contributed by atoms with Gasteiger partial charge in [-0.1, -0.05) is 11.6 Å². The van der Waals surface area contributed by atoms with Crippen LogP contribution in [0.5, 0.6) is 5.75 Å². The van der Waals surface area contributed by atoms with Gasteiger partial charge in [-0.15, -0.1) is 0 Å². The molecular formula is C11H7BrClFN2O3. The zero-order valence-corrected chi connectivity index (χ0v) is 11.9. The van der Waals surface area contributed by atoms with Crippen molar-refractivity contribution in [1.82, 2.24) is 9.55 Å². The van der Waals surface area contributed by atoms with E-state index in [1.807, 2.05) is 4.98 Å². The minimum absolute atomic E-state index is 0.154. The molecule has 0 fully saturated rings. The molecule has 1 aromatic carbocycles. The van der Waals surface area contributed by atoms with Gasteiger partial charge in [-0.05, 0) is 28.1 Å². The Hall–Kier alpha value is -1.60. The summed E-state index contributed by atoms with van der Waals surface area (Å²) in [4.78, 5) is 25.6. The highest BCUT2D eigenvalue weighted by Crippen LogP contribution is 2.24. The average Bonchev–Trinajstić information content (AvgIpc) is 2.38. The van der Waals surface area contributed by atoms with Crippen molar-refractivity contribution in [2.75, 3.05) is 7.11 Å². The van der Waals surface area contributed by atoms with Crippen molar-refractivity contribution >= 4 is 27.5 Å². The van der Waals surface area contributed by atoms with Crippen molar-refractivity contribution in [1.29, 1.82) is 0 Å². The topological polar surface area (TPSA) is 64.1 Å². The summed E-state index contributed by atoms with van der Waals surface area (Å²) in [5, 5.41) is -0.620. The van der Waals surface area contributed by atoms with E-state index in [0.717, 1.165) is 0 Å². The molecular weight excluding hydrogens is 342 g/mol. The van der Waals surface area contributed by atoms with Crippen LogP contribution in [0.3, 0.4) is 0 Å². The van der Waals surface area contributed by atoms with E-state index in [-0.39, 0.29) is 5.69 Å². The molecule has 1 heterocycles. The van der Waals surface area contributed by atoms with Gasteiger partial charge in [-0.3, -0.25) is 9.78 Å². The maximum Gasteiger partial charge on any atom is 0.334 e. The van der Waals surface area contributed by atoms with Gasteiger partial charge in [0.1, 0.15) is 5.75 Å². The molecule has 1 aromatic heterocycles. The molecule has 0 unspecified atom stereocenters. The molecule has 1 N–H and O–H groups in total. The van der Waals surface area contributed by atoms with Gasteiger partial charge in [0, 0.05) is 10.5 Å². The second-order valence-electron chi connectivity index (χ2n) is 3.52. The SMILES string of the molecule is COc1ccc(Br)c(-n2c(=O)[nH]c(Cl)c(F)c2=O)c1. The summed E-state index contributed by atoms with van der Waals surface area (Å²) in [6.45, 7) is 0. The molecule has 0 saturated carbocycles. The summed E-state index contributed by atoms with van der Waals surface area (Å²) in [5.41, 5.74) is -1.82. The molecule has 2 aromatic rings. The third-order valence-electron chi connectivity index (χ3n) is 2.40. The lowest BCUT2D eigenvalue weighted by atomic mass is 10.3. The third-order valence-corrected chi connectivity index (χ3v) is 3.33. The van der Waals surface area contributed by atoms with Gasteiger partial charge in [0.25, 0.3) is 5.56 Å². The number of hydrogen-bond acceptors (Lipinski definition) is 3. The largest absolute Gasteiger partial charge is 0.497 e. The summed E-state index contributed by atoms with van der Waals surface area (Å²) in [5.74, 6) is -0.809. The summed E-state index contributed by atoms with van der Waals surface area (Å²) in [6, 6.07) is 4.62. The van der Waals surface area contributed by atoms with Crippen LogP contribution in [-0.4, -0.2) is 16.7 Å². The average molecular weight is 350 g/mol. The Balaban J connectivity index is 2.83. The second-order valence-corrected chi connectivity index (χ2v) is 4.75. The standard InChI is InChI=1S/C11H7BrClFN2O3/c1-19-5-2-3-6(12)7(4-5)16-10(17)8(14)9(13)15-11(16)18/h2-4H,1H3,(H,15,18). The van der Waals surface area contributed by atoms with E-state index in [0.29, 0.717) is 14.8 Å². The smallest absolute Gasteiger partial charge is 0.334 e. The Kier molecular flexibility index (Phi) is 3.77. The van der Waals surface area contributed by atoms with E-state index in [9.17, 15) is 14.0 Å². The van der Waals surface area contributed by atoms with Crippen LogP contribution in [0.25, 0.3) is 5.69 Å². The van der Waals surface area contributed by atoms with Gasteiger partial charge in [0.2, 0.25) is 5.82 Å². The first-order valence-electron chi connectivity index (χ1n) is 5.00. The molecule has 0 spiro atoms. The minimum atomic E-state index is -1.23. The molecule has 5 nitrogen and oxygen atoms in total. The minimum Gasteiger partial charge on any atom is -0.497 e. The highest BCUT2D eigenvalue weighted by atomic mass is 79.9. The fraction of sp³-hybridized carbons (Fsp3) is 0.0909. The van der Waals surface area contributed by atoms with Crippen LogP contribution in [0.1, 0.15) is 0 Å². The van der Waals surface area contributed by atoms with Crippen LogP contribution in [0.2, 0.25) is 5.15 Å². The monoisotopic (exact) mass is 348 g/mol. The summed E-state index contributed by atoms with van der Waals surface area (Å²) < 4.78 is 19.6. The maximum atomic E-state index is 13.5. The van der Waals surface area contributed by atoms with E-state index >= 15 is 0 Å². The number of nitrogens with one attached hydrogen (secondary N) is 1. The second kappa shape index (κ2) is 5.18. The van der Waals surface area contributed by atoms with E-state index in [2.05, 4.69) is 15.9 Å². The number of nitrogens with zero attached hydrogens (tertiary/aromatic N) is 1. The number of H-pyrrole nitrogens is 1. The van der Waals surface area contributed by atoms with Gasteiger partial charge in [0.15, 0.2) is 5.15 Å². The molecule has 0 saturated heterocycles. The van der Waals surface area contributed by atoms with Crippen molar-refractivity contribution in [3.05, 3.63) is 54.5 Å². The summed E-state index contributed by atoms with van der Waals surface area (Å²) in [7, 11) is 1.43. The van der Waals surface area contributed by atoms with Gasteiger partial charge in [0.05, 0.1) is 12.8 Å². The van der Waals surface area contributed by atoms with Crippen LogP contribution >= 0.6 is 27.5 Å². The van der Waals surface area contributed by atoms with Crippen molar-refractivity contribution < 1.29 is 9.13 Å². The van der Waals surface area contributed by atoms with Crippen LogP contribution in [-0.2, 0) is 0 Å². The molecule has 8 heteroatoms. The van der Waals surface area contributed by atoms with Crippen LogP contribution in [0.15, 0.2) is 32.3 Å². The predicted octanol–water partition coefficient (Wildman–Crippen LogP) is 2.09. The van der Waals surface area contributed by atoms with E-state index in [1.54, 1.807) is 12.1 Å². The van der Waals surface area contributed by atoms with Crippen LogP contribution in [0, 0.1) is 5.82 Å². The predicted molar refractivity (Wildman–Crippen MR) is 71.9 cm³/mol. The first-order valence-corrected chi connectivity index (χ1v) is 6.17. The zero-order chi connectivity index (χ0) is 14.2. The zero-order valence-electron chi connectivity index (χ0n) is 9.54. The Morgan fingerprint density at radius 2 is 2.11 bits per heavy atom. The molecule has 0 aliphatic heterocycles. The third kappa shape index (κ3) is 2.43. The number of halogens is 3. The Morgan fingerprint density at radius 1 is 1.42 bits per heavy atom. The van der Waals surface area contributed by atoms with E-state index in [4.69, 9.17) is 16.3 Å². The molecule has 0 bridgehead atoms. The van der Waals surface area contributed by atoms with Crippen molar-refractivity contribution in [3.8, 4) is 11.4 Å². The Bertz CT molecular complexity index is 757. The molecule has 0 aliphatic carbocycles. The lowest BCUT2D eigenvalue weighted by Gasteiger charge is -2.09. The number of aromatic amines is 1. The van der Waals surface area contributed by atoms with Crippen LogP contribution in [0.4, 0.5) is 4.39 Å². The maximum absolute atomic E-state index is 13.5. The van der Waals surface area contributed by atoms with Gasteiger partial charge in [-0.2, -0.15) is 4.39 Å².